The summed E-state index contributed by atoms with van der Waals surface area (Å²) in [5, 5.41) is 5.40. The van der Waals surface area contributed by atoms with Crippen LogP contribution in [0.25, 0.3) is 10.8 Å². The third kappa shape index (κ3) is 7.06. The number of anilines is 4. The number of carbonyl (C=O) groups is 1. The van der Waals surface area contributed by atoms with Crippen molar-refractivity contribution in [1.82, 2.24) is 19.9 Å². The minimum atomic E-state index is -3.07. The van der Waals surface area contributed by atoms with Crippen molar-refractivity contribution in [3.63, 3.8) is 0 Å². The lowest BCUT2D eigenvalue weighted by Gasteiger charge is -2.42. The molecular formula is C34H44FN7O4S. The summed E-state index contributed by atoms with van der Waals surface area (Å²) >= 11 is 0. The van der Waals surface area contributed by atoms with Crippen molar-refractivity contribution in [2.75, 3.05) is 73.5 Å². The molecule has 252 valence electrons. The Bertz CT molecular complexity index is 1760. The van der Waals surface area contributed by atoms with Crippen molar-refractivity contribution >= 4 is 49.8 Å². The second kappa shape index (κ2) is 13.3. The molecule has 1 aromatic carbocycles. The summed E-state index contributed by atoms with van der Waals surface area (Å²) in [6, 6.07) is 6.06. The normalized spacial score (nSPS) is 22.2. The summed E-state index contributed by atoms with van der Waals surface area (Å²) in [5.41, 5.74) is 3.44. The van der Waals surface area contributed by atoms with E-state index in [0.29, 0.717) is 56.7 Å². The van der Waals surface area contributed by atoms with Crippen LogP contribution in [0.5, 0.6) is 0 Å². The highest BCUT2D eigenvalue weighted by atomic mass is 32.2. The Balaban J connectivity index is 1.35. The minimum Gasteiger partial charge on any atom is -0.378 e. The first-order valence-corrected chi connectivity index (χ1v) is 18.3. The molecule has 1 N–H and O–H groups in total. The van der Waals surface area contributed by atoms with Crippen molar-refractivity contribution in [2.24, 2.45) is 5.92 Å². The number of pyridine rings is 1. The first kappa shape index (κ1) is 33.1. The fourth-order valence-corrected chi connectivity index (χ4v) is 8.40. The maximum atomic E-state index is 14.6. The summed E-state index contributed by atoms with van der Waals surface area (Å²) in [4.78, 5) is 32.3. The lowest BCUT2D eigenvalue weighted by molar-refractivity contribution is -0.125. The maximum Gasteiger partial charge on any atom is 0.245 e. The number of methoxy groups -OCH3 is 1. The minimum absolute atomic E-state index is 0.0593. The van der Waals surface area contributed by atoms with Gasteiger partial charge in [0.15, 0.2) is 0 Å². The van der Waals surface area contributed by atoms with E-state index in [1.807, 2.05) is 16.0 Å². The van der Waals surface area contributed by atoms with Crippen LogP contribution in [0, 0.1) is 5.92 Å². The monoisotopic (exact) mass is 665 g/mol. The van der Waals surface area contributed by atoms with Gasteiger partial charge in [0.2, 0.25) is 11.9 Å². The highest BCUT2D eigenvalue weighted by Gasteiger charge is 2.35. The van der Waals surface area contributed by atoms with E-state index in [9.17, 15) is 17.6 Å². The predicted molar refractivity (Wildman–Crippen MR) is 183 cm³/mol. The number of aromatic nitrogens is 3. The number of likely N-dealkylation sites (tertiary alicyclic amines) is 1. The zero-order chi connectivity index (χ0) is 33.5. The van der Waals surface area contributed by atoms with Crippen LogP contribution in [0.1, 0.15) is 49.7 Å². The van der Waals surface area contributed by atoms with Gasteiger partial charge in [-0.1, -0.05) is 20.4 Å². The Morgan fingerprint density at radius 1 is 1.11 bits per heavy atom. The summed E-state index contributed by atoms with van der Waals surface area (Å²) in [5.74, 6) is 2.14. The second-order valence-corrected chi connectivity index (χ2v) is 15.6. The number of rotatable bonds is 10. The highest BCUT2D eigenvalue weighted by molar-refractivity contribution is 7.90. The average molecular weight is 666 g/mol. The number of amides is 1. The lowest BCUT2D eigenvalue weighted by atomic mass is 9.83. The van der Waals surface area contributed by atoms with Crippen LogP contribution in [0.2, 0.25) is 0 Å². The number of benzene rings is 1. The van der Waals surface area contributed by atoms with Gasteiger partial charge in [-0.15, -0.1) is 0 Å². The van der Waals surface area contributed by atoms with Crippen molar-refractivity contribution in [3.8, 4) is 0 Å². The zero-order valence-electron chi connectivity index (χ0n) is 27.5. The van der Waals surface area contributed by atoms with Gasteiger partial charge in [0, 0.05) is 81.4 Å². The van der Waals surface area contributed by atoms with Crippen LogP contribution in [-0.2, 0) is 19.4 Å². The van der Waals surface area contributed by atoms with Crippen LogP contribution >= 0.6 is 0 Å². The Labute approximate surface area is 276 Å². The largest absolute Gasteiger partial charge is 0.378 e. The number of hydrogen-bond donors (Lipinski definition) is 1. The molecule has 0 spiro atoms. The van der Waals surface area contributed by atoms with E-state index < -0.39 is 22.1 Å². The van der Waals surface area contributed by atoms with Gasteiger partial charge in [-0.3, -0.25) is 4.79 Å². The van der Waals surface area contributed by atoms with Crippen molar-refractivity contribution < 1.29 is 22.3 Å². The fraction of sp³-hybridized carbons (Fsp3) is 0.529. The molecule has 0 unspecified atom stereocenters. The molecule has 0 radical (unpaired) electrons. The zero-order valence-corrected chi connectivity index (χ0v) is 28.3. The molecule has 1 amide bonds. The van der Waals surface area contributed by atoms with Crippen LogP contribution in [0.15, 0.2) is 43.2 Å². The van der Waals surface area contributed by atoms with E-state index in [1.165, 1.54) is 30.6 Å². The predicted octanol–water partition coefficient (Wildman–Crippen LogP) is 4.44. The fourth-order valence-electron chi connectivity index (χ4n) is 7.33. The molecule has 6 rings (SSSR count). The molecule has 0 aliphatic carbocycles. The Morgan fingerprint density at radius 2 is 1.89 bits per heavy atom. The lowest BCUT2D eigenvalue weighted by Crippen LogP contribution is -2.49. The van der Waals surface area contributed by atoms with E-state index in [0.717, 1.165) is 22.9 Å². The molecule has 0 saturated carbocycles. The molecule has 47 heavy (non-hydrogen) atoms. The van der Waals surface area contributed by atoms with Gasteiger partial charge in [-0.25, -0.2) is 22.8 Å². The number of alkyl halides is 1. The van der Waals surface area contributed by atoms with Gasteiger partial charge < -0.3 is 24.8 Å². The molecule has 2 aromatic heterocycles. The molecule has 3 aliphatic rings. The number of nitrogens with zero attached hydrogens (tertiary/aromatic N) is 6. The van der Waals surface area contributed by atoms with Crippen LogP contribution in [-0.4, -0.2) is 105 Å². The standard InChI is InChI=1S/C34H44FN7O4S/c1-6-32(43)40-11-8-23(18-40)24-13-28(42-16-22(17-42)20-47(5,44)45)26-15-37-31(14-25(26)33(24)21(2)3)38-30-7-10-36-34(39-30)41-12-9-29(46-4)27(35)19-41/h6-7,10,13-15,21-23,27,29H,1,8-9,11-12,16-20H2,2-5H3,(H,36,37,38,39)/t23-,27+,29-/m1/s1. The van der Waals surface area contributed by atoms with E-state index in [1.54, 1.807) is 12.3 Å². The number of nitrogens with one attached hydrogen (secondary N) is 1. The number of hydrogen-bond acceptors (Lipinski definition) is 10. The molecule has 3 fully saturated rings. The summed E-state index contributed by atoms with van der Waals surface area (Å²) in [7, 11) is -1.54. The number of fused-ring (bicyclic) bond motifs is 1. The molecule has 11 nitrogen and oxygen atoms in total. The number of halogens is 1. The Hall–Kier alpha value is -3.84. The van der Waals surface area contributed by atoms with Crippen LogP contribution < -0.4 is 15.1 Å². The SMILES string of the molecule is C=CC(=O)N1CC[C@@H](c2cc(N3CC(CS(C)(=O)=O)C3)c3cnc(Nc4ccnc(N5CC[C@@H](OC)[C@@H](F)C5)n4)cc3c2C(C)C)C1. The molecule has 5 heterocycles. The van der Waals surface area contributed by atoms with Crippen molar-refractivity contribution in [1.29, 1.82) is 0 Å². The number of ether oxygens (including phenoxy) is 1. The summed E-state index contributed by atoms with van der Waals surface area (Å²) < 4.78 is 43.8. The van der Waals surface area contributed by atoms with E-state index in [2.05, 4.69) is 52.7 Å². The maximum absolute atomic E-state index is 14.6. The number of sulfone groups is 1. The van der Waals surface area contributed by atoms with Crippen molar-refractivity contribution in [2.45, 2.75) is 50.8 Å². The van der Waals surface area contributed by atoms with E-state index in [-0.39, 0.29) is 36.0 Å². The molecule has 13 heteroatoms. The number of piperidine rings is 1. The second-order valence-electron chi connectivity index (χ2n) is 13.4. The molecule has 0 bridgehead atoms. The average Bonchev–Trinajstić information content (AvgIpc) is 3.51. The molecular weight excluding hydrogens is 621 g/mol. The van der Waals surface area contributed by atoms with Gasteiger partial charge in [0.1, 0.15) is 27.6 Å². The first-order chi connectivity index (χ1) is 22.4. The summed E-state index contributed by atoms with van der Waals surface area (Å²) in [6.45, 7) is 11.4. The third-order valence-corrected chi connectivity index (χ3v) is 10.6. The van der Waals surface area contributed by atoms with E-state index in [4.69, 9.17) is 9.72 Å². The van der Waals surface area contributed by atoms with Crippen molar-refractivity contribution in [3.05, 3.63) is 54.4 Å². The molecule has 3 atom stereocenters. The number of carbonyl (C=O) groups excluding carboxylic acids is 1. The van der Waals surface area contributed by atoms with Crippen LogP contribution in [0.4, 0.5) is 27.7 Å². The van der Waals surface area contributed by atoms with Crippen LogP contribution in [0.3, 0.4) is 0 Å². The van der Waals surface area contributed by atoms with Gasteiger partial charge >= 0.3 is 0 Å². The van der Waals surface area contributed by atoms with Gasteiger partial charge in [0.05, 0.1) is 18.4 Å². The van der Waals surface area contributed by atoms with E-state index >= 15 is 0 Å². The molecule has 3 aromatic rings. The Morgan fingerprint density at radius 3 is 2.57 bits per heavy atom. The first-order valence-electron chi connectivity index (χ1n) is 16.3. The summed E-state index contributed by atoms with van der Waals surface area (Å²) in [6.07, 6.45) is 6.06. The smallest absolute Gasteiger partial charge is 0.245 e. The Kier molecular flexibility index (Phi) is 9.39. The van der Waals surface area contributed by atoms with Gasteiger partial charge in [-0.05, 0) is 59.5 Å². The van der Waals surface area contributed by atoms with Gasteiger partial charge in [-0.2, -0.15) is 4.98 Å². The topological polar surface area (TPSA) is 121 Å². The quantitative estimate of drug-likeness (QED) is 0.311. The van der Waals surface area contributed by atoms with Gasteiger partial charge in [0.25, 0.3) is 0 Å². The molecule has 3 aliphatic heterocycles. The third-order valence-electron chi connectivity index (χ3n) is 9.57. The highest BCUT2D eigenvalue weighted by Crippen LogP contribution is 2.43. The molecule has 3 saturated heterocycles.